The number of hydrogen-bond acceptors (Lipinski definition) is 7. The molecule has 9 nitrogen and oxygen atoms in total. The van der Waals surface area contributed by atoms with Gasteiger partial charge in [0.2, 0.25) is 0 Å². The molecule has 0 atom stereocenters. The molecule has 1 saturated carbocycles. The average Bonchev–Trinajstić information content (AvgIpc) is 3.37. The lowest BCUT2D eigenvalue weighted by molar-refractivity contribution is 0.0993. The summed E-state index contributed by atoms with van der Waals surface area (Å²) < 4.78 is 6.07. The molecule has 0 radical (unpaired) electrons. The van der Waals surface area contributed by atoms with Gasteiger partial charge in [0.1, 0.15) is 5.75 Å². The number of nitrogen functional groups attached to an aromatic ring is 1. The molecule has 0 saturated heterocycles. The number of rotatable bonds is 8. The molecule has 0 unspecified atom stereocenters. The number of hydrazone groups is 1. The van der Waals surface area contributed by atoms with E-state index in [-0.39, 0.29) is 6.10 Å². The van der Waals surface area contributed by atoms with E-state index in [1.165, 1.54) is 0 Å². The molecule has 1 fully saturated rings. The minimum atomic E-state index is -0.515. The van der Waals surface area contributed by atoms with Gasteiger partial charge in [-0.1, -0.05) is 18.2 Å². The SMILES string of the molecule is C=N/C(=N\NN)c1ccc(N)c(Nc2cccc(-c3ccc(OC4CCCC4)c(C(N)=O)c3)c2)c1. The van der Waals surface area contributed by atoms with E-state index in [0.29, 0.717) is 34.1 Å². The lowest BCUT2D eigenvalue weighted by Crippen LogP contribution is -2.17. The van der Waals surface area contributed by atoms with Crippen molar-refractivity contribution in [3.63, 3.8) is 0 Å². The Bertz CT molecular complexity index is 1270. The fourth-order valence-electron chi connectivity index (χ4n) is 4.18. The van der Waals surface area contributed by atoms with Gasteiger partial charge in [-0.25, -0.2) is 16.4 Å². The van der Waals surface area contributed by atoms with Gasteiger partial charge in [-0.15, -0.1) is 5.10 Å². The number of nitrogens with zero attached hydrogens (tertiary/aromatic N) is 2. The summed E-state index contributed by atoms with van der Waals surface area (Å²) in [4.78, 5) is 16.0. The summed E-state index contributed by atoms with van der Waals surface area (Å²) in [7, 11) is 0. The molecule has 8 N–H and O–H groups in total. The molecule has 4 rings (SSSR count). The molecule has 1 aliphatic carbocycles. The molecule has 35 heavy (non-hydrogen) atoms. The van der Waals surface area contributed by atoms with Gasteiger partial charge >= 0.3 is 0 Å². The van der Waals surface area contributed by atoms with Crippen molar-refractivity contribution in [2.45, 2.75) is 31.8 Å². The molecular weight excluding hydrogens is 442 g/mol. The van der Waals surface area contributed by atoms with Crippen molar-refractivity contribution in [3.8, 4) is 16.9 Å². The first-order valence-corrected chi connectivity index (χ1v) is 11.4. The molecule has 0 heterocycles. The highest BCUT2D eigenvalue weighted by Crippen LogP contribution is 2.32. The predicted molar refractivity (Wildman–Crippen MR) is 141 cm³/mol. The first kappa shape index (κ1) is 23.8. The van der Waals surface area contributed by atoms with Crippen LogP contribution in [0.3, 0.4) is 0 Å². The molecule has 0 spiro atoms. The number of hydrazine groups is 1. The topological polar surface area (TPSA) is 153 Å². The monoisotopic (exact) mass is 471 g/mol. The van der Waals surface area contributed by atoms with Gasteiger partial charge in [0.15, 0.2) is 5.84 Å². The summed E-state index contributed by atoms with van der Waals surface area (Å²) in [5.74, 6) is 5.64. The van der Waals surface area contributed by atoms with Gasteiger partial charge in [0.25, 0.3) is 5.91 Å². The van der Waals surface area contributed by atoms with Crippen molar-refractivity contribution in [2.75, 3.05) is 11.1 Å². The average molecular weight is 472 g/mol. The molecule has 9 heteroatoms. The minimum absolute atomic E-state index is 0.134. The Labute approximate surface area is 204 Å². The number of benzene rings is 3. The molecule has 0 bridgehead atoms. The van der Waals surface area contributed by atoms with Gasteiger partial charge in [0.05, 0.1) is 23.0 Å². The molecule has 1 amide bonds. The second-order valence-electron chi connectivity index (χ2n) is 8.33. The zero-order valence-electron chi connectivity index (χ0n) is 19.3. The van der Waals surface area contributed by atoms with Gasteiger partial charge in [0, 0.05) is 11.3 Å². The highest BCUT2D eigenvalue weighted by atomic mass is 16.5. The number of hydrogen-bond donors (Lipinski definition) is 5. The van der Waals surface area contributed by atoms with Gasteiger partial charge in [-0.2, -0.15) is 0 Å². The number of nitrogens with two attached hydrogens (primary N) is 3. The number of anilines is 3. The summed E-state index contributed by atoms with van der Waals surface area (Å²) in [6.07, 6.45) is 4.41. The molecule has 180 valence electrons. The maximum atomic E-state index is 12.2. The van der Waals surface area contributed by atoms with Crippen LogP contribution < -0.4 is 32.9 Å². The third-order valence-corrected chi connectivity index (χ3v) is 5.95. The van der Waals surface area contributed by atoms with Crippen LogP contribution in [-0.2, 0) is 0 Å². The summed E-state index contributed by atoms with van der Waals surface area (Å²) >= 11 is 0. The number of carbonyl (C=O) groups is 1. The zero-order chi connectivity index (χ0) is 24.8. The van der Waals surface area contributed by atoms with Crippen molar-refractivity contribution in [1.82, 2.24) is 5.53 Å². The largest absolute Gasteiger partial charge is 0.490 e. The normalized spacial score (nSPS) is 13.9. The third-order valence-electron chi connectivity index (χ3n) is 5.95. The van der Waals surface area contributed by atoms with Crippen LogP contribution in [0.1, 0.15) is 41.6 Å². The second-order valence-corrected chi connectivity index (χ2v) is 8.33. The van der Waals surface area contributed by atoms with E-state index in [1.807, 2.05) is 42.5 Å². The molecule has 0 aromatic heterocycles. The Kier molecular flexibility index (Phi) is 7.27. The zero-order valence-corrected chi connectivity index (χ0v) is 19.3. The molecule has 1 aliphatic rings. The summed E-state index contributed by atoms with van der Waals surface area (Å²) in [5, 5.41) is 7.24. The quantitative estimate of drug-likeness (QED) is 0.110. The minimum Gasteiger partial charge on any atom is -0.490 e. The molecular formula is C26H29N7O2. The Morgan fingerprint density at radius 2 is 1.80 bits per heavy atom. The van der Waals surface area contributed by atoms with Gasteiger partial charge in [-0.3, -0.25) is 4.79 Å². The number of aliphatic imine (C=N–C) groups is 1. The standard InChI is InChI=1S/C26H29N7O2/c1-30-26(32-33-29)18-9-11-22(27)23(15-18)31-19-6-4-5-16(13-19)17-10-12-24(21(14-17)25(28)34)35-20-7-2-3-8-20/h4-6,9-15,20,31,33H,1-3,7-8,27,29H2,(H2,28,34)/b32-26-. The van der Waals surface area contributed by atoms with Crippen molar-refractivity contribution < 1.29 is 9.53 Å². The second kappa shape index (κ2) is 10.7. The maximum absolute atomic E-state index is 12.2. The fourth-order valence-corrected chi connectivity index (χ4v) is 4.18. The van der Waals surface area contributed by atoms with E-state index in [9.17, 15) is 4.79 Å². The van der Waals surface area contributed by atoms with Crippen molar-refractivity contribution in [3.05, 3.63) is 71.8 Å². The lowest BCUT2D eigenvalue weighted by Gasteiger charge is -2.17. The van der Waals surface area contributed by atoms with Crippen molar-refractivity contribution in [2.24, 2.45) is 21.7 Å². The highest BCUT2D eigenvalue weighted by molar-refractivity contribution is 6.02. The Hall–Kier alpha value is -4.37. The van der Waals surface area contributed by atoms with Crippen molar-refractivity contribution >= 4 is 35.5 Å². The molecule has 0 aliphatic heterocycles. The molecule has 3 aromatic carbocycles. The number of amidine groups is 1. The van der Waals surface area contributed by atoms with E-state index in [1.54, 1.807) is 18.2 Å². The van der Waals surface area contributed by atoms with E-state index in [2.05, 4.69) is 27.7 Å². The number of carbonyl (C=O) groups excluding carboxylic acids is 1. The van der Waals surface area contributed by atoms with Crippen LogP contribution in [0, 0.1) is 0 Å². The van der Waals surface area contributed by atoms with Crippen LogP contribution in [0.25, 0.3) is 11.1 Å². The van der Waals surface area contributed by atoms with E-state index < -0.39 is 5.91 Å². The lowest BCUT2D eigenvalue weighted by atomic mass is 10.0. The summed E-state index contributed by atoms with van der Waals surface area (Å²) in [6.45, 7) is 3.52. The fraction of sp³-hybridized carbons (Fsp3) is 0.192. The highest BCUT2D eigenvalue weighted by Gasteiger charge is 2.20. The Morgan fingerprint density at radius 1 is 1.03 bits per heavy atom. The summed E-state index contributed by atoms with van der Waals surface area (Å²) in [6, 6.07) is 18.6. The summed E-state index contributed by atoms with van der Waals surface area (Å²) in [5.41, 5.74) is 18.9. The van der Waals surface area contributed by atoms with Crippen LogP contribution >= 0.6 is 0 Å². The first-order chi connectivity index (χ1) is 17.0. The van der Waals surface area contributed by atoms with Crippen LogP contribution in [0.2, 0.25) is 0 Å². The van der Waals surface area contributed by atoms with Crippen LogP contribution in [-0.4, -0.2) is 24.6 Å². The number of ether oxygens (including phenoxy) is 1. The third kappa shape index (κ3) is 5.59. The van der Waals surface area contributed by atoms with Crippen LogP contribution in [0.5, 0.6) is 5.75 Å². The van der Waals surface area contributed by atoms with Crippen LogP contribution in [0.4, 0.5) is 17.1 Å². The first-order valence-electron chi connectivity index (χ1n) is 11.4. The van der Waals surface area contributed by atoms with Crippen LogP contribution in [0.15, 0.2) is 70.8 Å². The Morgan fingerprint density at radius 3 is 2.51 bits per heavy atom. The van der Waals surface area contributed by atoms with E-state index in [4.69, 9.17) is 22.0 Å². The van der Waals surface area contributed by atoms with Gasteiger partial charge < -0.3 is 21.5 Å². The van der Waals surface area contributed by atoms with Crippen molar-refractivity contribution in [1.29, 1.82) is 0 Å². The Balaban J connectivity index is 1.61. The number of amides is 1. The van der Waals surface area contributed by atoms with E-state index in [0.717, 1.165) is 42.5 Å². The number of nitrogens with one attached hydrogen (secondary N) is 2. The smallest absolute Gasteiger partial charge is 0.252 e. The number of primary amides is 1. The maximum Gasteiger partial charge on any atom is 0.252 e. The predicted octanol–water partition coefficient (Wildman–Crippen LogP) is 3.93. The van der Waals surface area contributed by atoms with E-state index >= 15 is 0 Å². The molecule has 3 aromatic rings. The van der Waals surface area contributed by atoms with Gasteiger partial charge in [-0.05, 0) is 86.0 Å².